The first kappa shape index (κ1) is 18.8. The first-order valence-corrected chi connectivity index (χ1v) is 9.44. The summed E-state index contributed by atoms with van der Waals surface area (Å²) in [6.07, 6.45) is 1.79. The van der Waals surface area contributed by atoms with Gasteiger partial charge >= 0.3 is 0 Å². The highest BCUT2D eigenvalue weighted by atomic mass is 16.5. The molecule has 0 N–H and O–H groups in total. The molecule has 0 saturated heterocycles. The van der Waals surface area contributed by atoms with Crippen LogP contribution in [-0.4, -0.2) is 33.5 Å². The van der Waals surface area contributed by atoms with Crippen molar-refractivity contribution in [2.24, 2.45) is 0 Å². The number of aromatic nitrogens is 4. The van der Waals surface area contributed by atoms with Gasteiger partial charge in [-0.3, -0.25) is 4.98 Å². The first-order valence-electron chi connectivity index (χ1n) is 9.44. The number of hydrogen-bond donors (Lipinski definition) is 0. The van der Waals surface area contributed by atoms with Crippen LogP contribution in [0.15, 0.2) is 72.9 Å². The van der Waals surface area contributed by atoms with E-state index in [0.717, 1.165) is 40.0 Å². The second kappa shape index (κ2) is 8.67. The van der Waals surface area contributed by atoms with E-state index in [9.17, 15) is 0 Å². The molecule has 29 heavy (non-hydrogen) atoms. The van der Waals surface area contributed by atoms with Gasteiger partial charge in [-0.25, -0.2) is 0 Å². The van der Waals surface area contributed by atoms with Crippen molar-refractivity contribution in [3.05, 3.63) is 78.8 Å². The summed E-state index contributed by atoms with van der Waals surface area (Å²) >= 11 is 0. The molecule has 0 spiro atoms. The second-order valence-corrected chi connectivity index (χ2v) is 6.56. The maximum atomic E-state index is 6.12. The zero-order valence-electron chi connectivity index (χ0n) is 16.4. The van der Waals surface area contributed by atoms with Gasteiger partial charge in [0.2, 0.25) is 0 Å². The predicted molar refractivity (Wildman–Crippen MR) is 112 cm³/mol. The Morgan fingerprint density at radius 3 is 2.55 bits per heavy atom. The van der Waals surface area contributed by atoms with Crippen molar-refractivity contribution in [2.45, 2.75) is 13.5 Å². The molecule has 4 rings (SSSR count). The van der Waals surface area contributed by atoms with Crippen LogP contribution in [0.2, 0.25) is 0 Å². The van der Waals surface area contributed by atoms with E-state index in [1.54, 1.807) is 13.3 Å². The predicted octanol–water partition coefficient (Wildman–Crippen LogP) is 4.75. The van der Waals surface area contributed by atoms with Crippen molar-refractivity contribution in [1.82, 2.24) is 19.7 Å². The third kappa shape index (κ3) is 4.17. The highest BCUT2D eigenvalue weighted by Gasteiger charge is 2.14. The lowest BCUT2D eigenvalue weighted by molar-refractivity contribution is 0.187. The summed E-state index contributed by atoms with van der Waals surface area (Å²) in [5.41, 5.74) is 2.74. The highest BCUT2D eigenvalue weighted by molar-refractivity contribution is 5.73. The van der Waals surface area contributed by atoms with Crippen LogP contribution < -0.4 is 4.74 Å². The summed E-state index contributed by atoms with van der Waals surface area (Å²) in [5, 5.41) is 8.54. The molecule has 2 aromatic heterocycles. The Balaban J connectivity index is 1.71. The van der Waals surface area contributed by atoms with Crippen LogP contribution in [0, 0.1) is 6.92 Å². The molecule has 0 unspecified atom stereocenters. The monoisotopic (exact) mass is 386 g/mol. The fourth-order valence-electron chi connectivity index (χ4n) is 3.15. The van der Waals surface area contributed by atoms with Gasteiger partial charge in [-0.1, -0.05) is 36.4 Å². The Morgan fingerprint density at radius 1 is 0.931 bits per heavy atom. The van der Waals surface area contributed by atoms with Crippen molar-refractivity contribution in [3.8, 4) is 34.1 Å². The molecule has 0 aliphatic heterocycles. The maximum absolute atomic E-state index is 6.12. The van der Waals surface area contributed by atoms with Crippen LogP contribution in [0.25, 0.3) is 22.6 Å². The van der Waals surface area contributed by atoms with E-state index in [1.165, 1.54) is 0 Å². The number of pyridine rings is 1. The Bertz CT molecular complexity index is 1090. The van der Waals surface area contributed by atoms with Gasteiger partial charge in [-0.2, -0.15) is 0 Å². The van der Waals surface area contributed by atoms with Crippen LogP contribution in [0.4, 0.5) is 0 Å². The lowest BCUT2D eigenvalue weighted by Crippen LogP contribution is -2.08. The van der Waals surface area contributed by atoms with Crippen LogP contribution in [-0.2, 0) is 11.3 Å². The summed E-state index contributed by atoms with van der Waals surface area (Å²) in [6.45, 7) is 3.18. The fraction of sp³-hybridized carbons (Fsp3) is 0.174. The Labute approximate surface area is 169 Å². The Morgan fingerprint density at radius 2 is 1.72 bits per heavy atom. The lowest BCUT2D eigenvalue weighted by atomic mass is 10.0. The van der Waals surface area contributed by atoms with Crippen molar-refractivity contribution < 1.29 is 9.47 Å². The molecule has 2 heterocycles. The zero-order valence-corrected chi connectivity index (χ0v) is 16.4. The SMILES string of the molecule is COCCn1c(C)nnc1-c1cc(-c2ccccc2Oc2ccccc2)ccn1. The van der Waals surface area contributed by atoms with E-state index >= 15 is 0 Å². The topological polar surface area (TPSA) is 62.1 Å². The molecule has 0 radical (unpaired) electrons. The smallest absolute Gasteiger partial charge is 0.182 e. The van der Waals surface area contributed by atoms with Crippen LogP contribution >= 0.6 is 0 Å². The fourth-order valence-corrected chi connectivity index (χ4v) is 3.15. The number of hydrogen-bond acceptors (Lipinski definition) is 5. The third-order valence-corrected chi connectivity index (χ3v) is 4.61. The molecule has 0 amide bonds. The van der Waals surface area contributed by atoms with E-state index in [2.05, 4.69) is 15.2 Å². The van der Waals surface area contributed by atoms with Gasteiger partial charge in [0, 0.05) is 25.4 Å². The van der Waals surface area contributed by atoms with Gasteiger partial charge in [0.05, 0.1) is 6.61 Å². The van der Waals surface area contributed by atoms with Crippen LogP contribution in [0.5, 0.6) is 11.5 Å². The molecule has 4 aromatic rings. The molecule has 0 fully saturated rings. The molecular weight excluding hydrogens is 364 g/mol. The average Bonchev–Trinajstić information content (AvgIpc) is 3.14. The molecular formula is C23H22N4O2. The molecule has 0 aliphatic rings. The normalized spacial score (nSPS) is 10.8. The quantitative estimate of drug-likeness (QED) is 0.458. The molecule has 0 aliphatic carbocycles. The Hall–Kier alpha value is -3.51. The average molecular weight is 386 g/mol. The minimum absolute atomic E-state index is 0.583. The number of aryl methyl sites for hydroxylation is 1. The first-order chi connectivity index (χ1) is 14.3. The maximum Gasteiger partial charge on any atom is 0.182 e. The standard InChI is InChI=1S/C23H22N4O2/c1-17-25-26-23(27(17)14-15-28-2)21-16-18(12-13-24-21)20-10-6-7-11-22(20)29-19-8-4-3-5-9-19/h3-13,16H,14-15H2,1-2H3. The number of benzene rings is 2. The number of rotatable bonds is 7. The van der Waals surface area contributed by atoms with E-state index in [4.69, 9.17) is 9.47 Å². The van der Waals surface area contributed by atoms with Gasteiger partial charge in [0.15, 0.2) is 5.82 Å². The van der Waals surface area contributed by atoms with Gasteiger partial charge in [0.1, 0.15) is 23.0 Å². The molecule has 146 valence electrons. The number of ether oxygens (including phenoxy) is 2. The minimum atomic E-state index is 0.583. The number of nitrogens with zero attached hydrogens (tertiary/aromatic N) is 4. The highest BCUT2D eigenvalue weighted by Crippen LogP contribution is 2.34. The van der Waals surface area contributed by atoms with Crippen molar-refractivity contribution in [2.75, 3.05) is 13.7 Å². The summed E-state index contributed by atoms with van der Waals surface area (Å²) < 4.78 is 13.3. The van der Waals surface area contributed by atoms with Crippen LogP contribution in [0.3, 0.4) is 0 Å². The van der Waals surface area contributed by atoms with E-state index in [-0.39, 0.29) is 0 Å². The van der Waals surface area contributed by atoms with Crippen LogP contribution in [0.1, 0.15) is 5.82 Å². The summed E-state index contributed by atoms with van der Waals surface area (Å²) in [7, 11) is 1.68. The van der Waals surface area contributed by atoms with Crippen molar-refractivity contribution in [1.29, 1.82) is 0 Å². The van der Waals surface area contributed by atoms with Gasteiger partial charge in [0.25, 0.3) is 0 Å². The minimum Gasteiger partial charge on any atom is -0.457 e. The number of para-hydroxylation sites is 2. The Kier molecular flexibility index (Phi) is 5.63. The summed E-state index contributed by atoms with van der Waals surface area (Å²) in [5.74, 6) is 3.14. The lowest BCUT2D eigenvalue weighted by Gasteiger charge is -2.12. The second-order valence-electron chi connectivity index (χ2n) is 6.56. The molecule has 6 nitrogen and oxygen atoms in total. The molecule has 6 heteroatoms. The van der Waals surface area contributed by atoms with E-state index < -0.39 is 0 Å². The van der Waals surface area contributed by atoms with Gasteiger partial charge < -0.3 is 14.0 Å². The van der Waals surface area contributed by atoms with E-state index in [1.807, 2.05) is 78.2 Å². The molecule has 0 bridgehead atoms. The summed E-state index contributed by atoms with van der Waals surface area (Å²) in [4.78, 5) is 4.53. The van der Waals surface area contributed by atoms with Crippen molar-refractivity contribution >= 4 is 0 Å². The molecule has 0 atom stereocenters. The van der Waals surface area contributed by atoms with Crippen molar-refractivity contribution in [3.63, 3.8) is 0 Å². The van der Waals surface area contributed by atoms with Gasteiger partial charge in [-0.15, -0.1) is 10.2 Å². The third-order valence-electron chi connectivity index (χ3n) is 4.61. The zero-order chi connectivity index (χ0) is 20.1. The number of methoxy groups -OCH3 is 1. The van der Waals surface area contributed by atoms with Gasteiger partial charge in [-0.05, 0) is 42.8 Å². The molecule has 2 aromatic carbocycles. The largest absolute Gasteiger partial charge is 0.457 e. The summed E-state index contributed by atoms with van der Waals surface area (Å²) in [6, 6.07) is 21.7. The van der Waals surface area contributed by atoms with E-state index in [0.29, 0.717) is 13.2 Å². The molecule has 0 saturated carbocycles.